The molecule has 1 aromatic rings. The predicted octanol–water partition coefficient (Wildman–Crippen LogP) is 1.88. The van der Waals surface area contributed by atoms with Crippen LogP contribution in [0.2, 0.25) is 0 Å². The van der Waals surface area contributed by atoms with Crippen molar-refractivity contribution in [1.82, 2.24) is 0 Å². The SMILES string of the molecule is Nc1ccc(F)cc1S(=O)CCCF. The summed E-state index contributed by atoms with van der Waals surface area (Å²) in [6.07, 6.45) is 0.197. The zero-order valence-corrected chi connectivity index (χ0v) is 8.32. The van der Waals surface area contributed by atoms with Crippen LogP contribution in [-0.4, -0.2) is 16.6 Å². The Hall–Kier alpha value is -0.970. The van der Waals surface area contributed by atoms with Gasteiger partial charge in [0.25, 0.3) is 0 Å². The van der Waals surface area contributed by atoms with Gasteiger partial charge in [0.2, 0.25) is 0 Å². The van der Waals surface area contributed by atoms with E-state index in [4.69, 9.17) is 5.73 Å². The van der Waals surface area contributed by atoms with Gasteiger partial charge in [0.1, 0.15) is 5.82 Å². The minimum atomic E-state index is -1.41. The van der Waals surface area contributed by atoms with E-state index in [2.05, 4.69) is 0 Å². The molecule has 0 fully saturated rings. The quantitative estimate of drug-likeness (QED) is 0.786. The van der Waals surface area contributed by atoms with E-state index in [1.54, 1.807) is 0 Å². The lowest BCUT2D eigenvalue weighted by Crippen LogP contribution is -2.03. The third-order valence-corrected chi connectivity index (χ3v) is 3.19. The van der Waals surface area contributed by atoms with E-state index >= 15 is 0 Å². The van der Waals surface area contributed by atoms with Crippen LogP contribution in [0.25, 0.3) is 0 Å². The highest BCUT2D eigenvalue weighted by molar-refractivity contribution is 7.85. The molecule has 5 heteroatoms. The third kappa shape index (κ3) is 2.77. The van der Waals surface area contributed by atoms with Crippen molar-refractivity contribution in [3.8, 4) is 0 Å². The van der Waals surface area contributed by atoms with Gasteiger partial charge in [0, 0.05) is 11.4 Å². The Kier molecular flexibility index (Phi) is 4.00. The molecular weight excluding hydrogens is 208 g/mol. The summed E-state index contributed by atoms with van der Waals surface area (Å²) in [5.41, 5.74) is 5.79. The Balaban J connectivity index is 2.83. The Morgan fingerprint density at radius 3 is 2.79 bits per heavy atom. The van der Waals surface area contributed by atoms with E-state index < -0.39 is 23.3 Å². The van der Waals surface area contributed by atoms with Crippen LogP contribution in [0.3, 0.4) is 0 Å². The second-order valence-corrected chi connectivity index (χ2v) is 4.31. The van der Waals surface area contributed by atoms with Crippen molar-refractivity contribution in [2.75, 3.05) is 18.2 Å². The summed E-state index contributed by atoms with van der Waals surface area (Å²) in [6.45, 7) is -0.527. The molecule has 0 radical (unpaired) electrons. The lowest BCUT2D eigenvalue weighted by Gasteiger charge is -2.04. The number of hydrogen-bond acceptors (Lipinski definition) is 2. The van der Waals surface area contributed by atoms with Crippen molar-refractivity contribution < 1.29 is 13.0 Å². The molecule has 1 unspecified atom stereocenters. The zero-order valence-electron chi connectivity index (χ0n) is 7.50. The lowest BCUT2D eigenvalue weighted by atomic mass is 10.3. The van der Waals surface area contributed by atoms with Gasteiger partial charge in [0.05, 0.1) is 22.4 Å². The molecule has 14 heavy (non-hydrogen) atoms. The normalized spacial score (nSPS) is 12.7. The Labute approximate surface area is 83.6 Å². The lowest BCUT2D eigenvalue weighted by molar-refractivity contribution is 0.488. The summed E-state index contributed by atoms with van der Waals surface area (Å²) in [7, 11) is -1.41. The van der Waals surface area contributed by atoms with Crippen molar-refractivity contribution >= 4 is 16.5 Å². The van der Waals surface area contributed by atoms with Crippen LogP contribution >= 0.6 is 0 Å². The number of halogens is 2. The maximum Gasteiger partial charge on any atom is 0.124 e. The van der Waals surface area contributed by atoms with Gasteiger partial charge in [-0.25, -0.2) is 4.39 Å². The van der Waals surface area contributed by atoms with Crippen LogP contribution in [0.1, 0.15) is 6.42 Å². The molecule has 2 nitrogen and oxygen atoms in total. The third-order valence-electron chi connectivity index (χ3n) is 1.68. The van der Waals surface area contributed by atoms with E-state index in [9.17, 15) is 13.0 Å². The summed E-state index contributed by atoms with van der Waals surface area (Å²) in [6, 6.07) is 3.69. The van der Waals surface area contributed by atoms with Gasteiger partial charge in [-0.3, -0.25) is 8.60 Å². The molecule has 0 aromatic heterocycles. The first-order chi connectivity index (χ1) is 6.65. The summed E-state index contributed by atoms with van der Waals surface area (Å²) in [5.74, 6) is -0.313. The number of nitrogens with two attached hydrogens (primary N) is 1. The van der Waals surface area contributed by atoms with E-state index in [0.717, 1.165) is 6.07 Å². The number of anilines is 1. The second kappa shape index (κ2) is 5.05. The van der Waals surface area contributed by atoms with Gasteiger partial charge >= 0.3 is 0 Å². The molecule has 2 N–H and O–H groups in total. The molecule has 78 valence electrons. The Morgan fingerprint density at radius 1 is 1.43 bits per heavy atom. The smallest absolute Gasteiger partial charge is 0.124 e. The fourth-order valence-corrected chi connectivity index (χ4v) is 2.17. The summed E-state index contributed by atoms with van der Waals surface area (Å²) < 4.78 is 36.0. The highest BCUT2D eigenvalue weighted by Gasteiger charge is 2.08. The van der Waals surface area contributed by atoms with Gasteiger partial charge in [0.15, 0.2) is 0 Å². The highest BCUT2D eigenvalue weighted by Crippen LogP contribution is 2.18. The molecule has 0 saturated carbocycles. The van der Waals surface area contributed by atoms with Gasteiger partial charge < -0.3 is 5.73 Å². The van der Waals surface area contributed by atoms with Gasteiger partial charge in [-0.05, 0) is 24.6 Å². The molecular formula is C9H11F2NOS. The molecule has 0 aliphatic heterocycles. The molecule has 1 rings (SSSR count). The summed E-state index contributed by atoms with van der Waals surface area (Å²) in [4.78, 5) is 0.249. The number of rotatable bonds is 4. The topological polar surface area (TPSA) is 43.1 Å². The van der Waals surface area contributed by atoms with E-state index in [1.165, 1.54) is 12.1 Å². The van der Waals surface area contributed by atoms with Gasteiger partial charge in [-0.1, -0.05) is 0 Å². The van der Waals surface area contributed by atoms with Crippen molar-refractivity contribution in [2.45, 2.75) is 11.3 Å². The fraction of sp³-hybridized carbons (Fsp3) is 0.333. The highest BCUT2D eigenvalue weighted by atomic mass is 32.2. The summed E-state index contributed by atoms with van der Waals surface area (Å²) >= 11 is 0. The maximum atomic E-state index is 12.8. The Morgan fingerprint density at radius 2 is 2.14 bits per heavy atom. The van der Waals surface area contributed by atoms with Crippen molar-refractivity contribution in [3.63, 3.8) is 0 Å². The molecule has 0 spiro atoms. The summed E-state index contributed by atoms with van der Waals surface area (Å²) in [5, 5.41) is 0. The minimum Gasteiger partial charge on any atom is -0.398 e. The average molecular weight is 219 g/mol. The standard InChI is InChI=1S/C9H11F2NOS/c10-4-1-5-14(13)9-6-7(11)2-3-8(9)12/h2-3,6H,1,4-5,12H2. The Bertz CT molecular complexity index is 344. The second-order valence-electron chi connectivity index (χ2n) is 2.77. The van der Waals surface area contributed by atoms with E-state index in [-0.39, 0.29) is 22.8 Å². The molecule has 1 atom stereocenters. The zero-order chi connectivity index (χ0) is 10.6. The van der Waals surface area contributed by atoms with Crippen LogP contribution in [-0.2, 0) is 10.8 Å². The largest absolute Gasteiger partial charge is 0.398 e. The molecule has 0 saturated heterocycles. The van der Waals surface area contributed by atoms with Crippen LogP contribution in [0, 0.1) is 5.82 Å². The molecule has 0 bridgehead atoms. The first kappa shape index (κ1) is 11.1. The van der Waals surface area contributed by atoms with Crippen LogP contribution in [0.4, 0.5) is 14.5 Å². The number of hydrogen-bond donors (Lipinski definition) is 1. The average Bonchev–Trinajstić information content (AvgIpc) is 2.18. The van der Waals surface area contributed by atoms with Crippen molar-refractivity contribution in [1.29, 1.82) is 0 Å². The monoisotopic (exact) mass is 219 g/mol. The van der Waals surface area contributed by atoms with Gasteiger partial charge in [-0.15, -0.1) is 0 Å². The molecule has 0 amide bonds. The fourth-order valence-electron chi connectivity index (χ4n) is 1.00. The molecule has 0 heterocycles. The van der Waals surface area contributed by atoms with Crippen molar-refractivity contribution in [2.24, 2.45) is 0 Å². The van der Waals surface area contributed by atoms with Crippen LogP contribution in [0.5, 0.6) is 0 Å². The molecule has 0 aliphatic carbocycles. The van der Waals surface area contributed by atoms with Crippen LogP contribution in [0.15, 0.2) is 23.1 Å². The maximum absolute atomic E-state index is 12.8. The first-order valence-electron chi connectivity index (χ1n) is 4.14. The number of benzene rings is 1. The predicted molar refractivity (Wildman–Crippen MR) is 52.7 cm³/mol. The van der Waals surface area contributed by atoms with Crippen LogP contribution < -0.4 is 5.73 Å². The molecule has 1 aromatic carbocycles. The number of nitrogen functional groups attached to an aromatic ring is 1. The van der Waals surface area contributed by atoms with E-state index in [1.807, 2.05) is 0 Å². The number of alkyl halides is 1. The minimum absolute atomic E-state index is 0.171. The van der Waals surface area contributed by atoms with Gasteiger partial charge in [-0.2, -0.15) is 0 Å². The van der Waals surface area contributed by atoms with E-state index in [0.29, 0.717) is 0 Å². The molecule has 0 aliphatic rings. The first-order valence-corrected chi connectivity index (χ1v) is 5.46. The van der Waals surface area contributed by atoms with Crippen molar-refractivity contribution in [3.05, 3.63) is 24.0 Å².